The van der Waals surface area contributed by atoms with E-state index in [1.165, 1.54) is 17.0 Å². The van der Waals surface area contributed by atoms with Crippen LogP contribution in [0.2, 0.25) is 5.02 Å². The van der Waals surface area contributed by atoms with Crippen LogP contribution in [0.5, 0.6) is 5.75 Å². The van der Waals surface area contributed by atoms with Gasteiger partial charge in [0, 0.05) is 17.1 Å². The van der Waals surface area contributed by atoms with E-state index in [0.29, 0.717) is 28.4 Å². The van der Waals surface area contributed by atoms with Crippen LogP contribution >= 0.6 is 11.6 Å². The Morgan fingerprint density at radius 1 is 1.00 bits per heavy atom. The standard InChI is InChI=1S/C32H40ClN3O5S/c1-8-28(31(38)34-32(4,5)6)35(20-24-10-9-11-26(19-24)41-7)30(37)21-36(29-17-14-25(33)18-23(29)3)42(39,40)27-15-12-22(2)13-16-27/h9-19,28H,8,20-21H2,1-7H3,(H,34,38)/t28-/m1/s1. The van der Waals surface area contributed by atoms with E-state index in [0.717, 1.165) is 15.4 Å². The van der Waals surface area contributed by atoms with Crippen molar-refractivity contribution in [2.45, 2.75) is 71.0 Å². The molecule has 1 N–H and O–H groups in total. The number of hydrogen-bond donors (Lipinski definition) is 1. The van der Waals surface area contributed by atoms with Crippen LogP contribution in [0.15, 0.2) is 71.6 Å². The van der Waals surface area contributed by atoms with Crippen LogP contribution in [0.1, 0.15) is 50.8 Å². The molecule has 8 nitrogen and oxygen atoms in total. The third kappa shape index (κ3) is 8.26. The van der Waals surface area contributed by atoms with Crippen molar-refractivity contribution in [2.24, 2.45) is 0 Å². The van der Waals surface area contributed by atoms with Crippen molar-refractivity contribution < 1.29 is 22.7 Å². The fourth-order valence-electron chi connectivity index (χ4n) is 4.59. The Bertz CT molecular complexity index is 1520. The van der Waals surface area contributed by atoms with Gasteiger partial charge in [-0.3, -0.25) is 13.9 Å². The lowest BCUT2D eigenvalue weighted by Crippen LogP contribution is -2.55. The minimum atomic E-state index is -4.18. The lowest BCUT2D eigenvalue weighted by Gasteiger charge is -2.35. The number of amides is 2. The maximum atomic E-state index is 14.2. The van der Waals surface area contributed by atoms with Gasteiger partial charge in [0.1, 0.15) is 18.3 Å². The molecule has 0 saturated carbocycles. The van der Waals surface area contributed by atoms with Crippen LogP contribution in [0.4, 0.5) is 5.69 Å². The highest BCUT2D eigenvalue weighted by molar-refractivity contribution is 7.92. The van der Waals surface area contributed by atoms with Gasteiger partial charge in [-0.25, -0.2) is 8.42 Å². The predicted octanol–water partition coefficient (Wildman–Crippen LogP) is 5.88. The largest absolute Gasteiger partial charge is 0.497 e. The number of carbonyl (C=O) groups excluding carboxylic acids is 2. The van der Waals surface area contributed by atoms with Crippen molar-refractivity contribution in [3.8, 4) is 5.75 Å². The zero-order chi connectivity index (χ0) is 31.2. The van der Waals surface area contributed by atoms with Gasteiger partial charge >= 0.3 is 0 Å². The Hall–Kier alpha value is -3.56. The first kappa shape index (κ1) is 32.9. The summed E-state index contributed by atoms with van der Waals surface area (Å²) in [5, 5.41) is 3.42. The molecular formula is C32H40ClN3O5S. The number of halogens is 1. The maximum Gasteiger partial charge on any atom is 0.264 e. The van der Waals surface area contributed by atoms with E-state index in [2.05, 4.69) is 5.32 Å². The molecule has 3 aromatic rings. The summed E-state index contributed by atoms with van der Waals surface area (Å²) in [5.41, 5.74) is 2.01. The van der Waals surface area contributed by atoms with Gasteiger partial charge in [0.05, 0.1) is 17.7 Å². The molecule has 0 radical (unpaired) electrons. The quantitative estimate of drug-likeness (QED) is 0.291. The van der Waals surface area contributed by atoms with Crippen molar-refractivity contribution in [1.82, 2.24) is 10.2 Å². The Balaban J connectivity index is 2.12. The molecule has 0 bridgehead atoms. The molecule has 0 aliphatic carbocycles. The average Bonchev–Trinajstić information content (AvgIpc) is 2.91. The molecule has 1 atom stereocenters. The van der Waals surface area contributed by atoms with Crippen molar-refractivity contribution in [3.05, 3.63) is 88.4 Å². The van der Waals surface area contributed by atoms with Gasteiger partial charge in [0.2, 0.25) is 11.8 Å². The van der Waals surface area contributed by atoms with E-state index in [9.17, 15) is 18.0 Å². The molecule has 2 amide bonds. The molecule has 0 unspecified atom stereocenters. The number of sulfonamides is 1. The van der Waals surface area contributed by atoms with Crippen LogP contribution in [0.3, 0.4) is 0 Å². The molecule has 10 heteroatoms. The zero-order valence-electron chi connectivity index (χ0n) is 25.3. The number of methoxy groups -OCH3 is 1. The summed E-state index contributed by atoms with van der Waals surface area (Å²) >= 11 is 6.19. The van der Waals surface area contributed by atoms with E-state index in [-0.39, 0.29) is 17.3 Å². The van der Waals surface area contributed by atoms with Gasteiger partial charge < -0.3 is 15.0 Å². The number of anilines is 1. The molecule has 3 rings (SSSR count). The number of aryl methyl sites for hydroxylation is 2. The molecule has 42 heavy (non-hydrogen) atoms. The fraction of sp³-hybridized carbons (Fsp3) is 0.375. The molecule has 0 heterocycles. The lowest BCUT2D eigenvalue weighted by molar-refractivity contribution is -0.141. The Labute approximate surface area is 254 Å². The first-order valence-electron chi connectivity index (χ1n) is 13.8. The SMILES string of the molecule is CC[C@H](C(=O)NC(C)(C)C)N(Cc1cccc(OC)c1)C(=O)CN(c1ccc(Cl)cc1C)S(=O)(=O)c1ccc(C)cc1. The van der Waals surface area contributed by atoms with Crippen LogP contribution in [-0.4, -0.2) is 50.4 Å². The third-order valence-electron chi connectivity index (χ3n) is 6.69. The number of hydrogen-bond acceptors (Lipinski definition) is 5. The van der Waals surface area contributed by atoms with Gasteiger partial charge in [-0.1, -0.05) is 48.4 Å². The van der Waals surface area contributed by atoms with Crippen molar-refractivity contribution in [3.63, 3.8) is 0 Å². The number of ether oxygens (including phenoxy) is 1. The normalized spacial score (nSPS) is 12.4. The van der Waals surface area contributed by atoms with Crippen LogP contribution in [0, 0.1) is 13.8 Å². The number of nitrogens with one attached hydrogen (secondary N) is 1. The summed E-state index contributed by atoms with van der Waals surface area (Å²) in [5.74, 6) is -0.247. The third-order valence-corrected chi connectivity index (χ3v) is 8.70. The number of nitrogens with zero attached hydrogens (tertiary/aromatic N) is 2. The summed E-state index contributed by atoms with van der Waals surface area (Å²) in [6, 6.07) is 17.7. The van der Waals surface area contributed by atoms with E-state index in [1.54, 1.807) is 62.6 Å². The number of rotatable bonds is 11. The first-order valence-corrected chi connectivity index (χ1v) is 15.6. The molecule has 0 aromatic heterocycles. The second-order valence-electron chi connectivity index (χ2n) is 11.3. The lowest BCUT2D eigenvalue weighted by atomic mass is 10.1. The van der Waals surface area contributed by atoms with Gasteiger partial charge in [-0.2, -0.15) is 0 Å². The summed E-state index contributed by atoms with van der Waals surface area (Å²) < 4.78 is 34.6. The molecule has 0 aliphatic rings. The van der Waals surface area contributed by atoms with Crippen LogP contribution < -0.4 is 14.4 Å². The monoisotopic (exact) mass is 613 g/mol. The van der Waals surface area contributed by atoms with Crippen LogP contribution in [0.25, 0.3) is 0 Å². The minimum absolute atomic E-state index is 0.0483. The Kier molecular flexibility index (Phi) is 10.7. The topological polar surface area (TPSA) is 96.0 Å². The van der Waals surface area contributed by atoms with Gasteiger partial charge in [0.25, 0.3) is 10.0 Å². The molecule has 0 aliphatic heterocycles. The summed E-state index contributed by atoms with van der Waals surface area (Å²) in [6.07, 6.45) is 0.322. The highest BCUT2D eigenvalue weighted by Crippen LogP contribution is 2.30. The summed E-state index contributed by atoms with van der Waals surface area (Å²) in [6.45, 7) is 10.6. The molecule has 0 saturated heterocycles. The number of carbonyl (C=O) groups is 2. The fourth-order valence-corrected chi connectivity index (χ4v) is 6.29. The highest BCUT2D eigenvalue weighted by Gasteiger charge is 2.35. The van der Waals surface area contributed by atoms with E-state index >= 15 is 0 Å². The Morgan fingerprint density at radius 2 is 1.67 bits per heavy atom. The second-order valence-corrected chi connectivity index (χ2v) is 13.6. The van der Waals surface area contributed by atoms with Gasteiger partial charge in [-0.05, 0) is 94.6 Å². The van der Waals surface area contributed by atoms with E-state index in [1.807, 2.05) is 40.7 Å². The first-order chi connectivity index (χ1) is 19.7. The highest BCUT2D eigenvalue weighted by atomic mass is 35.5. The molecule has 3 aromatic carbocycles. The predicted molar refractivity (Wildman–Crippen MR) is 167 cm³/mol. The van der Waals surface area contributed by atoms with Crippen molar-refractivity contribution >= 4 is 39.1 Å². The molecule has 0 fully saturated rings. The van der Waals surface area contributed by atoms with Crippen molar-refractivity contribution in [1.29, 1.82) is 0 Å². The van der Waals surface area contributed by atoms with Crippen LogP contribution in [-0.2, 0) is 26.2 Å². The van der Waals surface area contributed by atoms with E-state index in [4.69, 9.17) is 16.3 Å². The second kappa shape index (κ2) is 13.6. The number of benzene rings is 3. The summed E-state index contributed by atoms with van der Waals surface area (Å²) in [4.78, 5) is 29.2. The van der Waals surface area contributed by atoms with Crippen molar-refractivity contribution in [2.75, 3.05) is 18.0 Å². The van der Waals surface area contributed by atoms with E-state index < -0.39 is 34.1 Å². The average molecular weight is 614 g/mol. The Morgan fingerprint density at radius 3 is 2.24 bits per heavy atom. The van der Waals surface area contributed by atoms with Gasteiger partial charge in [-0.15, -0.1) is 0 Å². The minimum Gasteiger partial charge on any atom is -0.497 e. The molecule has 226 valence electrons. The zero-order valence-corrected chi connectivity index (χ0v) is 26.8. The smallest absolute Gasteiger partial charge is 0.264 e. The molecular weight excluding hydrogens is 574 g/mol. The van der Waals surface area contributed by atoms with Gasteiger partial charge in [0.15, 0.2) is 0 Å². The molecule has 0 spiro atoms. The summed E-state index contributed by atoms with van der Waals surface area (Å²) in [7, 11) is -2.63. The maximum absolute atomic E-state index is 14.2.